The number of Topliss-reactive ketones (excluding diaryl/α,β-unsaturated/α-hetero) is 1. The van der Waals surface area contributed by atoms with Gasteiger partial charge in [-0.25, -0.2) is 4.39 Å². The summed E-state index contributed by atoms with van der Waals surface area (Å²) in [5.41, 5.74) is 3.13. The Labute approximate surface area is 115 Å². The van der Waals surface area contributed by atoms with Gasteiger partial charge in [-0.3, -0.25) is 10.6 Å². The van der Waals surface area contributed by atoms with Gasteiger partial charge < -0.3 is 10.2 Å². The van der Waals surface area contributed by atoms with Gasteiger partial charge in [0.15, 0.2) is 5.60 Å². The fraction of sp³-hybridized carbons (Fsp3) is 0.133. The quantitative estimate of drug-likeness (QED) is 0.651. The lowest BCUT2D eigenvalue weighted by Gasteiger charge is -2.22. The third-order valence-electron chi connectivity index (χ3n) is 3.54. The number of ether oxygens (including phenoxy) is 1. The molecule has 0 aliphatic carbocycles. The molecule has 0 saturated heterocycles. The molecule has 0 saturated carbocycles. The maximum absolute atomic E-state index is 13.0. The van der Waals surface area contributed by atoms with Crippen LogP contribution < -0.4 is 16.0 Å². The Hall–Kier alpha value is -2.40. The number of hydrogen-bond acceptors (Lipinski definition) is 4. The highest BCUT2D eigenvalue weighted by Gasteiger charge is 2.45. The number of nitrogen functional groups attached to an aromatic ring is 1. The van der Waals surface area contributed by atoms with Crippen molar-refractivity contribution in [2.75, 3.05) is 5.43 Å². The SMILES string of the molecule is C[C@@]1(c2ccc(F)cc2)Oc2cc(NN)ccc2C1=O. The normalized spacial score (nSPS) is 20.4. The van der Waals surface area contributed by atoms with Crippen LogP contribution in [0.2, 0.25) is 0 Å². The molecule has 1 aliphatic heterocycles. The molecule has 0 radical (unpaired) electrons. The maximum Gasteiger partial charge on any atom is 0.214 e. The molecule has 2 aromatic rings. The van der Waals surface area contributed by atoms with E-state index in [0.29, 0.717) is 22.6 Å². The van der Waals surface area contributed by atoms with Crippen molar-refractivity contribution in [3.05, 3.63) is 59.4 Å². The molecule has 1 heterocycles. The Bertz CT molecular complexity index is 685. The lowest BCUT2D eigenvalue weighted by Crippen LogP contribution is -2.33. The summed E-state index contributed by atoms with van der Waals surface area (Å²) >= 11 is 0. The van der Waals surface area contributed by atoms with E-state index in [1.807, 2.05) is 0 Å². The molecule has 3 N–H and O–H groups in total. The summed E-state index contributed by atoms with van der Waals surface area (Å²) in [6.07, 6.45) is 0. The molecule has 20 heavy (non-hydrogen) atoms. The van der Waals surface area contributed by atoms with E-state index < -0.39 is 5.60 Å². The van der Waals surface area contributed by atoms with E-state index in [9.17, 15) is 9.18 Å². The summed E-state index contributed by atoms with van der Waals surface area (Å²) in [4.78, 5) is 12.5. The van der Waals surface area contributed by atoms with Gasteiger partial charge in [0.1, 0.15) is 11.6 Å². The number of ketones is 1. The molecule has 0 aromatic heterocycles. The van der Waals surface area contributed by atoms with Gasteiger partial charge in [0.25, 0.3) is 0 Å². The van der Waals surface area contributed by atoms with Crippen LogP contribution in [0.15, 0.2) is 42.5 Å². The first-order valence-corrected chi connectivity index (χ1v) is 6.15. The smallest absolute Gasteiger partial charge is 0.214 e. The second kappa shape index (κ2) is 4.31. The predicted octanol–water partition coefficient (Wildman–Crippen LogP) is 2.60. The Morgan fingerprint density at radius 2 is 1.90 bits per heavy atom. The number of anilines is 1. The third kappa shape index (κ3) is 1.75. The topological polar surface area (TPSA) is 64.3 Å². The molecule has 0 bridgehead atoms. The zero-order valence-electron chi connectivity index (χ0n) is 10.8. The van der Waals surface area contributed by atoms with Crippen molar-refractivity contribution in [1.29, 1.82) is 0 Å². The van der Waals surface area contributed by atoms with Crippen LogP contribution >= 0.6 is 0 Å². The van der Waals surface area contributed by atoms with Crippen molar-refractivity contribution in [3.63, 3.8) is 0 Å². The van der Waals surface area contributed by atoms with Crippen LogP contribution in [0, 0.1) is 5.82 Å². The highest BCUT2D eigenvalue weighted by atomic mass is 19.1. The molecule has 1 aliphatic rings. The van der Waals surface area contributed by atoms with E-state index in [2.05, 4.69) is 5.43 Å². The molecule has 5 heteroatoms. The molecule has 2 aromatic carbocycles. The zero-order valence-corrected chi connectivity index (χ0v) is 10.8. The van der Waals surface area contributed by atoms with Gasteiger partial charge in [-0.05, 0) is 31.2 Å². The van der Waals surface area contributed by atoms with Gasteiger partial charge in [-0.15, -0.1) is 0 Å². The number of halogens is 1. The molecule has 0 fully saturated rings. The summed E-state index contributed by atoms with van der Waals surface area (Å²) in [5, 5.41) is 0. The van der Waals surface area contributed by atoms with E-state index in [-0.39, 0.29) is 11.6 Å². The number of carbonyl (C=O) groups excluding carboxylic acids is 1. The average Bonchev–Trinajstić information content (AvgIpc) is 2.71. The molecule has 1 atom stereocenters. The summed E-state index contributed by atoms with van der Waals surface area (Å²) in [6.45, 7) is 1.68. The van der Waals surface area contributed by atoms with Crippen LogP contribution in [-0.2, 0) is 5.60 Å². The predicted molar refractivity (Wildman–Crippen MR) is 73.0 cm³/mol. The highest BCUT2D eigenvalue weighted by molar-refractivity contribution is 6.08. The lowest BCUT2D eigenvalue weighted by molar-refractivity contribution is 0.0619. The molecular weight excluding hydrogens is 259 g/mol. The standard InChI is InChI=1S/C15H13FN2O2/c1-15(9-2-4-10(16)5-3-9)14(19)12-7-6-11(18-17)8-13(12)20-15/h2-8,18H,17H2,1H3/t15-/m0/s1. The second-order valence-electron chi connectivity index (χ2n) is 4.83. The van der Waals surface area contributed by atoms with Crippen molar-refractivity contribution in [2.24, 2.45) is 5.84 Å². The van der Waals surface area contributed by atoms with Gasteiger partial charge >= 0.3 is 0 Å². The second-order valence-corrected chi connectivity index (χ2v) is 4.83. The minimum Gasteiger partial charge on any atom is -0.474 e. The van der Waals surface area contributed by atoms with Gasteiger partial charge in [-0.1, -0.05) is 12.1 Å². The van der Waals surface area contributed by atoms with Crippen LogP contribution in [0.3, 0.4) is 0 Å². The number of nitrogens with one attached hydrogen (secondary N) is 1. The Kier molecular flexibility index (Phi) is 2.72. The molecular formula is C15H13FN2O2. The summed E-state index contributed by atoms with van der Waals surface area (Å²) in [5.74, 6) is 5.31. The number of carbonyl (C=O) groups is 1. The van der Waals surface area contributed by atoms with Crippen LogP contribution in [0.25, 0.3) is 0 Å². The number of rotatable bonds is 2. The maximum atomic E-state index is 13.0. The van der Waals surface area contributed by atoms with Gasteiger partial charge in [0.05, 0.1) is 11.3 Å². The van der Waals surface area contributed by atoms with Gasteiger partial charge in [0, 0.05) is 11.6 Å². The summed E-state index contributed by atoms with van der Waals surface area (Å²) in [6, 6.07) is 10.8. The summed E-state index contributed by atoms with van der Waals surface area (Å²) < 4.78 is 18.8. The van der Waals surface area contributed by atoms with E-state index in [0.717, 1.165) is 0 Å². The monoisotopic (exact) mass is 272 g/mol. The molecule has 0 amide bonds. The molecule has 4 nitrogen and oxygen atoms in total. The third-order valence-corrected chi connectivity index (χ3v) is 3.54. The van der Waals surface area contributed by atoms with Crippen LogP contribution in [-0.4, -0.2) is 5.78 Å². The van der Waals surface area contributed by atoms with Crippen LogP contribution in [0.4, 0.5) is 10.1 Å². The number of benzene rings is 2. The van der Waals surface area contributed by atoms with Crippen LogP contribution in [0.1, 0.15) is 22.8 Å². The van der Waals surface area contributed by atoms with Gasteiger partial charge in [-0.2, -0.15) is 0 Å². The van der Waals surface area contributed by atoms with Crippen molar-refractivity contribution < 1.29 is 13.9 Å². The minimum atomic E-state index is -1.14. The Morgan fingerprint density at radius 1 is 1.20 bits per heavy atom. The average molecular weight is 272 g/mol. The van der Waals surface area contributed by atoms with E-state index in [1.165, 1.54) is 12.1 Å². The molecule has 0 spiro atoms. The number of nitrogens with two attached hydrogens (primary N) is 1. The van der Waals surface area contributed by atoms with E-state index in [4.69, 9.17) is 10.6 Å². The van der Waals surface area contributed by atoms with Crippen molar-refractivity contribution in [3.8, 4) is 5.75 Å². The van der Waals surface area contributed by atoms with E-state index in [1.54, 1.807) is 37.3 Å². The fourth-order valence-electron chi connectivity index (χ4n) is 2.37. The highest BCUT2D eigenvalue weighted by Crippen LogP contribution is 2.42. The number of fused-ring (bicyclic) bond motifs is 1. The Morgan fingerprint density at radius 3 is 2.55 bits per heavy atom. The first-order chi connectivity index (χ1) is 9.54. The first kappa shape index (κ1) is 12.6. The first-order valence-electron chi connectivity index (χ1n) is 6.15. The Balaban J connectivity index is 2.05. The minimum absolute atomic E-state index is 0.150. The van der Waals surface area contributed by atoms with Crippen LogP contribution in [0.5, 0.6) is 5.75 Å². The van der Waals surface area contributed by atoms with Gasteiger partial charge in [0.2, 0.25) is 5.78 Å². The molecule has 102 valence electrons. The number of hydrogen-bond donors (Lipinski definition) is 2. The van der Waals surface area contributed by atoms with Crippen molar-refractivity contribution in [1.82, 2.24) is 0 Å². The number of hydrazine groups is 1. The molecule has 3 rings (SSSR count). The largest absolute Gasteiger partial charge is 0.474 e. The fourth-order valence-corrected chi connectivity index (χ4v) is 2.37. The van der Waals surface area contributed by atoms with E-state index >= 15 is 0 Å². The van der Waals surface area contributed by atoms with Crippen molar-refractivity contribution >= 4 is 11.5 Å². The zero-order chi connectivity index (χ0) is 14.3. The molecule has 0 unspecified atom stereocenters. The lowest BCUT2D eigenvalue weighted by atomic mass is 9.90. The summed E-state index contributed by atoms with van der Waals surface area (Å²) in [7, 11) is 0. The van der Waals surface area contributed by atoms with Crippen molar-refractivity contribution in [2.45, 2.75) is 12.5 Å².